The summed E-state index contributed by atoms with van der Waals surface area (Å²) < 4.78 is 40.8. The highest BCUT2D eigenvalue weighted by Gasteiger charge is 2.39. The molecule has 0 amide bonds. The Morgan fingerprint density at radius 1 is 1.25 bits per heavy atom. The summed E-state index contributed by atoms with van der Waals surface area (Å²) in [7, 11) is 1.32. The van der Waals surface area contributed by atoms with E-state index >= 15 is 0 Å². The second-order valence-electron chi connectivity index (χ2n) is 4.88. The monoisotopic (exact) mass is 285 g/mol. The van der Waals surface area contributed by atoms with Gasteiger partial charge >= 0.3 is 12.1 Å². The number of halogens is 3. The molecule has 0 saturated carbocycles. The molecule has 0 saturated heterocycles. The number of carboxylic acids is 1. The predicted octanol–water partition coefficient (Wildman–Crippen LogP) is 3.44. The molecule has 0 bridgehead atoms. The maximum absolute atomic E-state index is 13.2. The maximum atomic E-state index is 13.2. The summed E-state index contributed by atoms with van der Waals surface area (Å²) in [6.07, 6.45) is -5.23. The minimum absolute atomic E-state index is 0.163. The van der Waals surface area contributed by atoms with Crippen molar-refractivity contribution in [3.8, 4) is 0 Å². The van der Waals surface area contributed by atoms with E-state index in [2.05, 4.69) is 0 Å². The molecule has 1 aromatic heterocycles. The van der Waals surface area contributed by atoms with Gasteiger partial charge in [-0.2, -0.15) is 13.2 Å². The van der Waals surface area contributed by atoms with Gasteiger partial charge < -0.3 is 9.67 Å². The molecule has 0 unspecified atom stereocenters. The highest BCUT2D eigenvalue weighted by molar-refractivity contribution is 5.93. The molecule has 3 nitrogen and oxygen atoms in total. The molecule has 0 fully saturated rings. The fourth-order valence-corrected chi connectivity index (χ4v) is 2.73. The van der Waals surface area contributed by atoms with Crippen molar-refractivity contribution >= 4 is 16.9 Å². The fourth-order valence-electron chi connectivity index (χ4n) is 2.73. The molecule has 2 rings (SSSR count). The van der Waals surface area contributed by atoms with E-state index in [1.807, 2.05) is 0 Å². The second kappa shape index (κ2) is 4.54. The van der Waals surface area contributed by atoms with Crippen molar-refractivity contribution in [2.75, 3.05) is 0 Å². The zero-order valence-corrected chi connectivity index (χ0v) is 11.3. The van der Waals surface area contributed by atoms with Crippen molar-refractivity contribution in [2.45, 2.75) is 26.4 Å². The van der Waals surface area contributed by atoms with Crippen LogP contribution in [-0.2, 0) is 24.4 Å². The Bertz CT molecular complexity index is 699. The molecule has 0 atom stereocenters. The average molecular weight is 285 g/mol. The van der Waals surface area contributed by atoms with Crippen LogP contribution in [0, 0.1) is 13.8 Å². The average Bonchev–Trinajstić information content (AvgIpc) is 2.57. The number of hydrogen-bond donors (Lipinski definition) is 1. The summed E-state index contributed by atoms with van der Waals surface area (Å²) in [6, 6.07) is 3.45. The van der Waals surface area contributed by atoms with E-state index in [9.17, 15) is 18.0 Å². The van der Waals surface area contributed by atoms with Crippen molar-refractivity contribution in [3.05, 3.63) is 34.5 Å². The molecule has 2 aromatic rings. The van der Waals surface area contributed by atoms with E-state index in [1.54, 1.807) is 26.0 Å². The van der Waals surface area contributed by atoms with Gasteiger partial charge in [0.2, 0.25) is 0 Å². The molecule has 6 heteroatoms. The number of carbonyl (C=O) groups is 1. The van der Waals surface area contributed by atoms with Crippen LogP contribution in [0.1, 0.15) is 22.4 Å². The summed E-state index contributed by atoms with van der Waals surface area (Å²) in [5.74, 6) is -1.27. The largest absolute Gasteiger partial charge is 0.481 e. The maximum Gasteiger partial charge on any atom is 0.431 e. The van der Waals surface area contributed by atoms with Gasteiger partial charge in [-0.3, -0.25) is 4.79 Å². The third-order valence-corrected chi connectivity index (χ3v) is 3.44. The molecule has 1 N–H and O–H groups in total. The van der Waals surface area contributed by atoms with Crippen LogP contribution < -0.4 is 0 Å². The minimum atomic E-state index is -4.59. The Balaban J connectivity index is 2.97. The molecule has 108 valence electrons. The van der Waals surface area contributed by atoms with Gasteiger partial charge in [-0.15, -0.1) is 0 Å². The van der Waals surface area contributed by atoms with Crippen molar-refractivity contribution in [1.29, 1.82) is 0 Å². The van der Waals surface area contributed by atoms with E-state index in [0.29, 0.717) is 22.0 Å². The Morgan fingerprint density at radius 3 is 2.30 bits per heavy atom. The number of carboxylic acid groups (broad SMARTS) is 1. The number of benzene rings is 1. The topological polar surface area (TPSA) is 42.2 Å². The SMILES string of the molecule is Cc1ccc(C)c2c1c(CC(=O)O)c(C(F)(F)F)n2C. The third-order valence-electron chi connectivity index (χ3n) is 3.44. The van der Waals surface area contributed by atoms with Gasteiger partial charge in [-0.25, -0.2) is 0 Å². The first kappa shape index (κ1) is 14.4. The van der Waals surface area contributed by atoms with Crippen molar-refractivity contribution in [3.63, 3.8) is 0 Å². The van der Waals surface area contributed by atoms with Crippen LogP contribution in [0.4, 0.5) is 13.2 Å². The van der Waals surface area contributed by atoms with Crippen molar-refractivity contribution < 1.29 is 23.1 Å². The standard InChI is InChI=1S/C14H14F3NO2/c1-7-4-5-8(2)12-11(7)9(6-10(19)20)13(18(12)3)14(15,16)17/h4-5H,6H2,1-3H3,(H,19,20). The first-order valence-corrected chi connectivity index (χ1v) is 6.01. The number of hydrogen-bond acceptors (Lipinski definition) is 1. The van der Waals surface area contributed by atoms with Crippen LogP contribution in [0.15, 0.2) is 12.1 Å². The van der Waals surface area contributed by atoms with E-state index < -0.39 is 24.3 Å². The van der Waals surface area contributed by atoms with Gasteiger partial charge in [-0.05, 0) is 25.0 Å². The van der Waals surface area contributed by atoms with Crippen LogP contribution in [0.3, 0.4) is 0 Å². The van der Waals surface area contributed by atoms with Crippen LogP contribution in [0.5, 0.6) is 0 Å². The molecular formula is C14H14F3NO2. The molecule has 0 aliphatic heterocycles. The van der Waals surface area contributed by atoms with Gasteiger partial charge in [0.25, 0.3) is 0 Å². The van der Waals surface area contributed by atoms with Crippen molar-refractivity contribution in [1.82, 2.24) is 4.57 Å². The van der Waals surface area contributed by atoms with Gasteiger partial charge in [0.05, 0.1) is 11.9 Å². The Morgan fingerprint density at radius 2 is 1.80 bits per heavy atom. The highest BCUT2D eigenvalue weighted by Crippen LogP contribution is 2.39. The number of rotatable bonds is 2. The predicted molar refractivity (Wildman–Crippen MR) is 68.7 cm³/mol. The van der Waals surface area contributed by atoms with E-state index in [0.717, 1.165) is 4.57 Å². The van der Waals surface area contributed by atoms with Gasteiger partial charge in [0, 0.05) is 18.0 Å². The summed E-state index contributed by atoms with van der Waals surface area (Å²) in [4.78, 5) is 10.9. The molecule has 20 heavy (non-hydrogen) atoms. The van der Waals surface area contributed by atoms with Crippen LogP contribution in [0.25, 0.3) is 10.9 Å². The lowest BCUT2D eigenvalue weighted by molar-refractivity contribution is -0.144. The molecule has 0 spiro atoms. The minimum Gasteiger partial charge on any atom is -0.481 e. The second-order valence-corrected chi connectivity index (χ2v) is 4.88. The Kier molecular flexibility index (Phi) is 3.28. The highest BCUT2D eigenvalue weighted by atomic mass is 19.4. The smallest absolute Gasteiger partial charge is 0.431 e. The molecule has 1 heterocycles. The van der Waals surface area contributed by atoms with Crippen LogP contribution in [0.2, 0.25) is 0 Å². The Labute approximate surface area is 113 Å². The lowest BCUT2D eigenvalue weighted by atomic mass is 10.0. The van der Waals surface area contributed by atoms with E-state index in [-0.39, 0.29) is 5.56 Å². The zero-order chi connectivity index (χ0) is 15.2. The van der Waals surface area contributed by atoms with Crippen LogP contribution >= 0.6 is 0 Å². The molecule has 1 aromatic carbocycles. The first-order chi connectivity index (χ1) is 9.14. The summed E-state index contributed by atoms with van der Waals surface area (Å²) in [5.41, 5.74) is 0.729. The molecule has 0 radical (unpaired) electrons. The summed E-state index contributed by atoms with van der Waals surface area (Å²) in [6.45, 7) is 3.40. The van der Waals surface area contributed by atoms with E-state index in [4.69, 9.17) is 5.11 Å². The number of nitrogens with zero attached hydrogens (tertiary/aromatic N) is 1. The Hall–Kier alpha value is -1.98. The molecular weight excluding hydrogens is 271 g/mol. The third kappa shape index (κ3) is 2.15. The number of aromatic nitrogens is 1. The van der Waals surface area contributed by atoms with Crippen LogP contribution in [-0.4, -0.2) is 15.6 Å². The quantitative estimate of drug-likeness (QED) is 0.918. The summed E-state index contributed by atoms with van der Waals surface area (Å²) in [5, 5.41) is 9.30. The zero-order valence-electron chi connectivity index (χ0n) is 11.3. The normalized spacial score (nSPS) is 12.1. The van der Waals surface area contributed by atoms with E-state index in [1.165, 1.54) is 7.05 Å². The van der Waals surface area contributed by atoms with Crippen molar-refractivity contribution in [2.24, 2.45) is 7.05 Å². The fraction of sp³-hybridized carbons (Fsp3) is 0.357. The number of fused-ring (bicyclic) bond motifs is 1. The molecule has 0 aliphatic rings. The summed E-state index contributed by atoms with van der Waals surface area (Å²) >= 11 is 0. The van der Waals surface area contributed by atoms with Gasteiger partial charge in [-0.1, -0.05) is 12.1 Å². The number of aliphatic carboxylic acids is 1. The number of alkyl halides is 3. The number of aryl methyl sites for hydroxylation is 3. The lowest BCUT2D eigenvalue weighted by Crippen LogP contribution is -2.15. The lowest BCUT2D eigenvalue weighted by Gasteiger charge is -2.10. The van der Waals surface area contributed by atoms with Gasteiger partial charge in [0.15, 0.2) is 0 Å². The first-order valence-electron chi connectivity index (χ1n) is 6.01. The van der Waals surface area contributed by atoms with Gasteiger partial charge in [0.1, 0.15) is 5.69 Å². The molecule has 0 aliphatic carbocycles.